The average Bonchev–Trinajstić information content (AvgIpc) is 2.66. The molecule has 2 aromatic rings. The Balaban J connectivity index is 1.61. The summed E-state index contributed by atoms with van der Waals surface area (Å²) in [6.07, 6.45) is -0.196. The van der Waals surface area contributed by atoms with Crippen LogP contribution in [0.2, 0.25) is 5.02 Å². The Labute approximate surface area is 158 Å². The maximum Gasteiger partial charge on any atom is 0.254 e. The maximum absolute atomic E-state index is 12.7. The van der Waals surface area contributed by atoms with Crippen molar-refractivity contribution in [3.63, 3.8) is 0 Å². The third-order valence-corrected chi connectivity index (χ3v) is 4.48. The van der Waals surface area contributed by atoms with Gasteiger partial charge in [-0.15, -0.1) is 0 Å². The number of morpholine rings is 1. The summed E-state index contributed by atoms with van der Waals surface area (Å²) in [4.78, 5) is 14.4. The van der Waals surface area contributed by atoms with Gasteiger partial charge in [-0.3, -0.25) is 4.79 Å². The topological polar surface area (TPSA) is 48.0 Å². The number of benzene rings is 2. The van der Waals surface area contributed by atoms with E-state index in [-0.39, 0.29) is 12.0 Å². The van der Waals surface area contributed by atoms with Crippen molar-refractivity contribution in [1.29, 1.82) is 0 Å². The molecule has 138 valence electrons. The van der Waals surface area contributed by atoms with Crippen molar-refractivity contribution >= 4 is 17.5 Å². The lowest BCUT2D eigenvalue weighted by Gasteiger charge is -2.33. The molecule has 1 amide bonds. The Morgan fingerprint density at radius 3 is 2.88 bits per heavy atom. The van der Waals surface area contributed by atoms with Crippen LogP contribution < -0.4 is 9.47 Å². The van der Waals surface area contributed by atoms with Gasteiger partial charge in [0, 0.05) is 17.1 Å². The van der Waals surface area contributed by atoms with Crippen molar-refractivity contribution in [2.75, 3.05) is 33.4 Å². The fourth-order valence-corrected chi connectivity index (χ4v) is 3.08. The lowest BCUT2D eigenvalue weighted by molar-refractivity contribution is -0.0403. The van der Waals surface area contributed by atoms with Crippen molar-refractivity contribution in [3.8, 4) is 11.5 Å². The second-order valence-corrected chi connectivity index (χ2v) is 6.66. The number of amides is 1. The van der Waals surface area contributed by atoms with Crippen LogP contribution in [0.25, 0.3) is 0 Å². The van der Waals surface area contributed by atoms with Gasteiger partial charge in [-0.2, -0.15) is 0 Å². The molecule has 0 radical (unpaired) electrons. The Kier molecular flexibility index (Phi) is 6.01. The first-order valence-electron chi connectivity index (χ1n) is 8.50. The van der Waals surface area contributed by atoms with E-state index in [4.69, 9.17) is 25.8 Å². The quantitative estimate of drug-likeness (QED) is 0.801. The first-order valence-corrected chi connectivity index (χ1v) is 8.88. The van der Waals surface area contributed by atoms with Crippen LogP contribution in [-0.4, -0.2) is 50.3 Å². The number of carbonyl (C=O) groups is 1. The molecule has 0 saturated carbocycles. The molecule has 1 fully saturated rings. The highest BCUT2D eigenvalue weighted by Crippen LogP contribution is 2.28. The van der Waals surface area contributed by atoms with Crippen molar-refractivity contribution in [1.82, 2.24) is 4.90 Å². The lowest BCUT2D eigenvalue weighted by Crippen LogP contribution is -2.47. The molecule has 3 rings (SSSR count). The van der Waals surface area contributed by atoms with Crippen LogP contribution >= 0.6 is 11.6 Å². The van der Waals surface area contributed by atoms with E-state index in [1.165, 1.54) is 0 Å². The van der Waals surface area contributed by atoms with Gasteiger partial charge in [-0.1, -0.05) is 23.7 Å². The van der Waals surface area contributed by atoms with Gasteiger partial charge in [0.05, 0.1) is 20.3 Å². The molecular weight excluding hydrogens is 354 g/mol. The van der Waals surface area contributed by atoms with Crippen LogP contribution in [-0.2, 0) is 4.74 Å². The summed E-state index contributed by atoms with van der Waals surface area (Å²) >= 11 is 5.99. The number of rotatable bonds is 5. The van der Waals surface area contributed by atoms with E-state index >= 15 is 0 Å². The number of nitrogens with zero attached hydrogens (tertiary/aromatic N) is 1. The maximum atomic E-state index is 12.7. The number of hydrogen-bond donors (Lipinski definition) is 0. The van der Waals surface area contributed by atoms with E-state index in [1.807, 2.05) is 25.1 Å². The molecule has 0 bridgehead atoms. The van der Waals surface area contributed by atoms with Crippen LogP contribution in [0, 0.1) is 6.92 Å². The molecule has 5 nitrogen and oxygen atoms in total. The van der Waals surface area contributed by atoms with Crippen molar-refractivity contribution in [3.05, 3.63) is 58.6 Å². The van der Waals surface area contributed by atoms with Gasteiger partial charge in [0.1, 0.15) is 12.7 Å². The van der Waals surface area contributed by atoms with Gasteiger partial charge >= 0.3 is 0 Å². The predicted octanol–water partition coefficient (Wildman–Crippen LogP) is 3.58. The number of ether oxygens (including phenoxy) is 3. The van der Waals surface area contributed by atoms with E-state index in [1.54, 1.807) is 36.3 Å². The number of halogens is 1. The molecular formula is C20H22ClNO4. The third kappa shape index (κ3) is 4.48. The van der Waals surface area contributed by atoms with Crippen LogP contribution in [0.3, 0.4) is 0 Å². The van der Waals surface area contributed by atoms with Gasteiger partial charge in [0.15, 0.2) is 11.5 Å². The molecule has 0 N–H and O–H groups in total. The van der Waals surface area contributed by atoms with E-state index in [9.17, 15) is 4.79 Å². The summed E-state index contributed by atoms with van der Waals surface area (Å²) < 4.78 is 17.0. The molecule has 1 saturated heterocycles. The Morgan fingerprint density at radius 2 is 2.12 bits per heavy atom. The molecule has 1 aliphatic rings. The molecule has 0 aromatic heterocycles. The largest absolute Gasteiger partial charge is 0.493 e. The smallest absolute Gasteiger partial charge is 0.254 e. The minimum absolute atomic E-state index is 0.0475. The fraction of sp³-hybridized carbons (Fsp3) is 0.350. The highest BCUT2D eigenvalue weighted by Gasteiger charge is 2.26. The lowest BCUT2D eigenvalue weighted by atomic mass is 10.1. The summed E-state index contributed by atoms with van der Waals surface area (Å²) in [5.74, 6) is 1.31. The Morgan fingerprint density at radius 1 is 1.27 bits per heavy atom. The number of aryl methyl sites for hydroxylation is 1. The van der Waals surface area contributed by atoms with Gasteiger partial charge in [-0.05, 0) is 42.8 Å². The zero-order chi connectivity index (χ0) is 18.5. The van der Waals surface area contributed by atoms with Crippen LogP contribution in [0.15, 0.2) is 42.5 Å². The average molecular weight is 376 g/mol. The van der Waals surface area contributed by atoms with Crippen molar-refractivity contribution in [2.45, 2.75) is 13.0 Å². The fourth-order valence-electron chi connectivity index (χ4n) is 2.89. The number of methoxy groups -OCH3 is 1. The monoisotopic (exact) mass is 375 g/mol. The molecule has 0 aliphatic carbocycles. The molecule has 2 aromatic carbocycles. The predicted molar refractivity (Wildman–Crippen MR) is 100 cm³/mol. The van der Waals surface area contributed by atoms with E-state index in [2.05, 4.69) is 0 Å². The van der Waals surface area contributed by atoms with E-state index in [0.29, 0.717) is 48.4 Å². The minimum Gasteiger partial charge on any atom is -0.493 e. The van der Waals surface area contributed by atoms with E-state index < -0.39 is 0 Å². The molecule has 26 heavy (non-hydrogen) atoms. The summed E-state index contributed by atoms with van der Waals surface area (Å²) in [7, 11) is 1.62. The number of hydrogen-bond acceptors (Lipinski definition) is 4. The van der Waals surface area contributed by atoms with Crippen LogP contribution in [0.4, 0.5) is 0 Å². The van der Waals surface area contributed by atoms with E-state index in [0.717, 1.165) is 5.56 Å². The molecule has 1 heterocycles. The van der Waals surface area contributed by atoms with Crippen molar-refractivity contribution in [2.24, 2.45) is 0 Å². The summed E-state index contributed by atoms with van der Waals surface area (Å²) in [5.41, 5.74) is 1.68. The molecule has 0 spiro atoms. The second-order valence-electron chi connectivity index (χ2n) is 6.22. The SMILES string of the molecule is COc1cc(C)ccc1OCC1CN(C(=O)c2cccc(Cl)c2)CCO1. The Hall–Kier alpha value is -2.24. The third-order valence-electron chi connectivity index (χ3n) is 4.24. The zero-order valence-electron chi connectivity index (χ0n) is 14.9. The molecule has 1 unspecified atom stereocenters. The molecule has 1 atom stereocenters. The highest BCUT2D eigenvalue weighted by atomic mass is 35.5. The normalized spacial score (nSPS) is 17.0. The van der Waals surface area contributed by atoms with Gasteiger partial charge in [0.2, 0.25) is 0 Å². The van der Waals surface area contributed by atoms with Crippen LogP contribution in [0.1, 0.15) is 15.9 Å². The van der Waals surface area contributed by atoms with Crippen molar-refractivity contribution < 1.29 is 19.0 Å². The van der Waals surface area contributed by atoms with Gasteiger partial charge in [0.25, 0.3) is 5.91 Å². The summed E-state index contributed by atoms with van der Waals surface area (Å²) in [6.45, 7) is 3.84. The second kappa shape index (κ2) is 8.43. The first-order chi connectivity index (χ1) is 12.6. The summed E-state index contributed by atoms with van der Waals surface area (Å²) in [5, 5.41) is 0.551. The summed E-state index contributed by atoms with van der Waals surface area (Å²) in [6, 6.07) is 12.8. The number of carbonyl (C=O) groups excluding carboxylic acids is 1. The van der Waals surface area contributed by atoms with Gasteiger partial charge in [-0.25, -0.2) is 0 Å². The minimum atomic E-state index is -0.196. The first kappa shape index (κ1) is 18.5. The standard InChI is InChI=1S/C20H22ClNO4/c1-14-6-7-18(19(10-14)24-2)26-13-17-12-22(8-9-25-17)20(23)15-4-3-5-16(21)11-15/h3-7,10-11,17H,8-9,12-13H2,1-2H3. The van der Waals surface area contributed by atoms with Crippen LogP contribution in [0.5, 0.6) is 11.5 Å². The Bertz CT molecular complexity index is 780. The molecule has 6 heteroatoms. The zero-order valence-corrected chi connectivity index (χ0v) is 15.7. The highest BCUT2D eigenvalue weighted by molar-refractivity contribution is 6.30. The van der Waals surface area contributed by atoms with Gasteiger partial charge < -0.3 is 19.1 Å². The molecule has 1 aliphatic heterocycles.